The number of Topliss-reactive ketones (excluding diaryl/α,β-unsaturated/α-hetero) is 1. The predicted molar refractivity (Wildman–Crippen MR) is 120 cm³/mol. The number of likely N-dealkylation sites (tertiary alicyclic amines) is 1. The van der Waals surface area contributed by atoms with Gasteiger partial charge in [-0.25, -0.2) is 4.98 Å². The van der Waals surface area contributed by atoms with Gasteiger partial charge in [0.25, 0.3) is 0 Å². The third-order valence-corrected chi connectivity index (χ3v) is 6.25. The molecular weight excluding hydrogens is 422 g/mol. The lowest BCUT2D eigenvalue weighted by molar-refractivity contribution is -0.139. The molecule has 33 heavy (non-hydrogen) atoms. The summed E-state index contributed by atoms with van der Waals surface area (Å²) in [7, 11) is 0. The lowest BCUT2D eigenvalue weighted by Gasteiger charge is -2.26. The normalized spacial score (nSPS) is 19.1. The molecule has 1 aliphatic rings. The summed E-state index contributed by atoms with van der Waals surface area (Å²) in [4.78, 5) is 32.0. The summed E-state index contributed by atoms with van der Waals surface area (Å²) in [6.07, 6.45) is 2.36. The van der Waals surface area contributed by atoms with Crippen molar-refractivity contribution < 1.29 is 23.6 Å². The van der Waals surface area contributed by atoms with E-state index in [-0.39, 0.29) is 24.7 Å². The van der Waals surface area contributed by atoms with E-state index < -0.39 is 18.1 Å². The zero-order valence-electron chi connectivity index (χ0n) is 19.2. The molecule has 1 saturated heterocycles. The van der Waals surface area contributed by atoms with Crippen LogP contribution in [-0.4, -0.2) is 50.5 Å². The fraction of sp³-hybridized carbons (Fsp3) is 0.440. The number of aryl methyl sites for hydroxylation is 3. The molecule has 1 aliphatic heterocycles. The highest BCUT2D eigenvalue weighted by molar-refractivity contribution is 5.92. The molecule has 1 fully saturated rings. The minimum Gasteiger partial charge on any atom is -0.443 e. The monoisotopic (exact) mass is 451 g/mol. The van der Waals surface area contributed by atoms with Crippen LogP contribution in [0.5, 0.6) is 0 Å². The molecule has 4 rings (SSSR count). The van der Waals surface area contributed by atoms with Gasteiger partial charge in [-0.1, -0.05) is 36.3 Å². The maximum atomic E-state index is 13.3. The van der Waals surface area contributed by atoms with E-state index in [0.717, 1.165) is 22.6 Å². The van der Waals surface area contributed by atoms with Crippen LogP contribution in [0.1, 0.15) is 54.8 Å². The quantitative estimate of drug-likeness (QED) is 0.557. The molecule has 3 atom stereocenters. The number of hydrogen-bond donors (Lipinski definition) is 1. The molecule has 0 unspecified atom stereocenters. The van der Waals surface area contributed by atoms with Gasteiger partial charge >= 0.3 is 0 Å². The average molecular weight is 452 g/mol. The van der Waals surface area contributed by atoms with Crippen molar-refractivity contribution >= 4 is 11.7 Å². The molecule has 0 aliphatic carbocycles. The number of carbonyl (C=O) groups is 2. The highest BCUT2D eigenvalue weighted by Crippen LogP contribution is 2.29. The molecule has 1 aromatic carbocycles. The predicted octanol–water partition coefficient (Wildman–Crippen LogP) is 3.60. The van der Waals surface area contributed by atoms with E-state index in [4.69, 9.17) is 8.94 Å². The Morgan fingerprint density at radius 3 is 2.61 bits per heavy atom. The number of aliphatic hydroxyl groups excluding tert-OH is 1. The Bertz CT molecular complexity index is 1120. The number of rotatable bonds is 8. The molecule has 0 saturated carbocycles. The van der Waals surface area contributed by atoms with Crippen molar-refractivity contribution in [2.75, 3.05) is 6.54 Å². The van der Waals surface area contributed by atoms with Crippen LogP contribution < -0.4 is 0 Å². The van der Waals surface area contributed by atoms with E-state index in [1.807, 2.05) is 38.1 Å². The maximum Gasteiger partial charge on any atom is 0.234 e. The van der Waals surface area contributed by atoms with Crippen LogP contribution in [0.3, 0.4) is 0 Å². The number of aliphatic hydroxyl groups is 1. The molecule has 3 aromatic rings. The van der Waals surface area contributed by atoms with Crippen LogP contribution in [0.4, 0.5) is 0 Å². The lowest BCUT2D eigenvalue weighted by Crippen LogP contribution is -2.43. The second-order valence-electron chi connectivity index (χ2n) is 8.66. The van der Waals surface area contributed by atoms with E-state index >= 15 is 0 Å². The van der Waals surface area contributed by atoms with Crippen molar-refractivity contribution in [1.82, 2.24) is 15.0 Å². The van der Waals surface area contributed by atoms with Gasteiger partial charge in [-0.15, -0.1) is 0 Å². The summed E-state index contributed by atoms with van der Waals surface area (Å²) >= 11 is 0. The summed E-state index contributed by atoms with van der Waals surface area (Å²) in [6, 6.07) is 8.97. The van der Waals surface area contributed by atoms with Crippen molar-refractivity contribution in [1.29, 1.82) is 0 Å². The molecule has 0 bridgehead atoms. The van der Waals surface area contributed by atoms with Crippen LogP contribution in [-0.2, 0) is 16.0 Å². The van der Waals surface area contributed by atoms with Crippen molar-refractivity contribution in [3.63, 3.8) is 0 Å². The number of β-amino-alcohol motifs (C(OH)–C–C–N with tert-alkyl or cyclic N) is 1. The number of amides is 1. The fourth-order valence-corrected chi connectivity index (χ4v) is 4.44. The van der Waals surface area contributed by atoms with E-state index in [1.165, 1.54) is 11.3 Å². The molecule has 0 spiro atoms. The van der Waals surface area contributed by atoms with Gasteiger partial charge in [0.05, 0.1) is 29.5 Å². The first-order valence-corrected chi connectivity index (χ1v) is 11.3. The number of benzene rings is 1. The Morgan fingerprint density at radius 2 is 2.00 bits per heavy atom. The van der Waals surface area contributed by atoms with Crippen LogP contribution in [0.25, 0.3) is 11.3 Å². The van der Waals surface area contributed by atoms with Crippen LogP contribution >= 0.6 is 0 Å². The van der Waals surface area contributed by atoms with Crippen molar-refractivity contribution in [2.45, 2.75) is 64.5 Å². The van der Waals surface area contributed by atoms with E-state index in [1.54, 1.807) is 13.0 Å². The lowest BCUT2D eigenvalue weighted by atomic mass is 9.98. The van der Waals surface area contributed by atoms with Gasteiger partial charge < -0.3 is 18.9 Å². The van der Waals surface area contributed by atoms with E-state index in [0.29, 0.717) is 30.7 Å². The van der Waals surface area contributed by atoms with Crippen molar-refractivity contribution in [3.05, 3.63) is 59.4 Å². The van der Waals surface area contributed by atoms with Gasteiger partial charge in [-0.05, 0) is 32.3 Å². The topological polar surface area (TPSA) is 110 Å². The SMILES string of the molecule is CC[C@@H](C(=O)N1C[C@H](O)C[C@H]1C(=O)CCc1ccc(-c2ocnc2C)cc1)c1cc(C)no1. The van der Waals surface area contributed by atoms with Crippen LogP contribution in [0.2, 0.25) is 0 Å². The Balaban J connectivity index is 1.41. The first-order valence-electron chi connectivity index (χ1n) is 11.3. The standard InChI is InChI=1S/C25H29N3O5/c1-4-20(23-11-15(2)27-33-23)25(31)28-13-19(29)12-21(28)22(30)10-7-17-5-8-18(9-6-17)24-16(3)26-14-32-24/h5-6,8-9,11,14,19-21,29H,4,7,10,12-13H2,1-3H3/t19-,20-,21+/m1/s1. The third kappa shape index (κ3) is 4.90. The molecule has 0 radical (unpaired) electrons. The number of ketones is 1. The Hall–Kier alpha value is -3.26. The second kappa shape index (κ2) is 9.70. The maximum absolute atomic E-state index is 13.3. The Morgan fingerprint density at radius 1 is 1.24 bits per heavy atom. The Labute approximate surface area is 192 Å². The summed E-state index contributed by atoms with van der Waals surface area (Å²) in [5, 5.41) is 14.1. The van der Waals surface area contributed by atoms with Crippen molar-refractivity contribution in [2.24, 2.45) is 0 Å². The fourth-order valence-electron chi connectivity index (χ4n) is 4.44. The van der Waals surface area contributed by atoms with Gasteiger partial charge in [0.15, 0.2) is 17.9 Å². The molecule has 1 amide bonds. The molecule has 3 heterocycles. The third-order valence-electron chi connectivity index (χ3n) is 6.25. The number of carbonyl (C=O) groups excluding carboxylic acids is 2. The first-order chi connectivity index (χ1) is 15.9. The van der Waals surface area contributed by atoms with E-state index in [9.17, 15) is 14.7 Å². The highest BCUT2D eigenvalue weighted by Gasteiger charge is 2.41. The molecule has 1 N–H and O–H groups in total. The van der Waals surface area contributed by atoms with Gasteiger partial charge in [0.2, 0.25) is 5.91 Å². The first kappa shape index (κ1) is 22.9. The summed E-state index contributed by atoms with van der Waals surface area (Å²) in [5.74, 6) is 0.474. The van der Waals surface area contributed by atoms with Crippen molar-refractivity contribution in [3.8, 4) is 11.3 Å². The second-order valence-corrected chi connectivity index (χ2v) is 8.66. The number of oxazole rings is 1. The van der Waals surface area contributed by atoms with E-state index in [2.05, 4.69) is 10.1 Å². The van der Waals surface area contributed by atoms with Gasteiger partial charge in [-0.2, -0.15) is 0 Å². The minimum atomic E-state index is -0.707. The Kier molecular flexibility index (Phi) is 6.74. The molecule has 8 nitrogen and oxygen atoms in total. The van der Waals surface area contributed by atoms with Crippen LogP contribution in [0, 0.1) is 13.8 Å². The number of nitrogens with zero attached hydrogens (tertiary/aromatic N) is 3. The molecule has 174 valence electrons. The largest absolute Gasteiger partial charge is 0.443 e. The van der Waals surface area contributed by atoms with Gasteiger partial charge in [-0.3, -0.25) is 9.59 Å². The molecule has 8 heteroatoms. The van der Waals surface area contributed by atoms with Gasteiger partial charge in [0.1, 0.15) is 5.76 Å². The molecular formula is C25H29N3O5. The number of aromatic nitrogens is 2. The van der Waals surface area contributed by atoms with Gasteiger partial charge in [0, 0.05) is 31.0 Å². The van der Waals surface area contributed by atoms with Crippen LogP contribution in [0.15, 0.2) is 45.7 Å². The molecule has 2 aromatic heterocycles. The summed E-state index contributed by atoms with van der Waals surface area (Å²) in [6.45, 7) is 5.74. The smallest absolute Gasteiger partial charge is 0.234 e. The minimum absolute atomic E-state index is 0.0429. The number of hydrogen-bond acceptors (Lipinski definition) is 7. The zero-order valence-corrected chi connectivity index (χ0v) is 19.2. The highest BCUT2D eigenvalue weighted by atomic mass is 16.5. The summed E-state index contributed by atoms with van der Waals surface area (Å²) in [5.41, 5.74) is 3.48. The summed E-state index contributed by atoms with van der Waals surface area (Å²) < 4.78 is 10.7. The average Bonchev–Trinajstić information content (AvgIpc) is 3.53. The zero-order chi connectivity index (χ0) is 23.5.